The van der Waals surface area contributed by atoms with Crippen molar-refractivity contribution in [2.24, 2.45) is 0 Å². The Balaban J connectivity index is 0.00000786. The molecule has 0 N–H and O–H groups in total. The third-order valence-corrected chi connectivity index (χ3v) is 13.6. The maximum absolute atomic E-state index is 10.1. The van der Waals surface area contributed by atoms with Gasteiger partial charge in [-0.3, -0.25) is 0 Å². The Morgan fingerprint density at radius 2 is 1.20 bits per heavy atom. The van der Waals surface area contributed by atoms with Crippen LogP contribution in [0.4, 0.5) is 0 Å². The minimum Gasteiger partial charge on any atom is -0.486 e. The summed E-state index contributed by atoms with van der Waals surface area (Å²) in [5.41, 5.74) is 8.67. The first-order chi connectivity index (χ1) is 39.4. The van der Waals surface area contributed by atoms with Gasteiger partial charge in [0, 0.05) is 43.4 Å². The van der Waals surface area contributed by atoms with Crippen molar-refractivity contribution >= 4 is 22.1 Å². The molecule has 0 bridgehead atoms. The summed E-state index contributed by atoms with van der Waals surface area (Å²) in [5.74, 6) is 0. The zero-order valence-corrected chi connectivity index (χ0v) is 43.7. The molecule has 5 heterocycles. The minimum absolute atomic E-state index is 0. The average molecular weight is 1150 g/mol. The molecule has 0 aliphatic heterocycles. The summed E-state index contributed by atoms with van der Waals surface area (Å²) < 4.78 is 96.4. The van der Waals surface area contributed by atoms with Gasteiger partial charge in [0.15, 0.2) is 0 Å². The first-order valence-electron chi connectivity index (χ1n) is 29.3. The van der Waals surface area contributed by atoms with Crippen LogP contribution in [0.5, 0.6) is 0 Å². The fraction of sp³-hybridized carbons (Fsp3) is 0.176. The summed E-state index contributed by atoms with van der Waals surface area (Å²) in [6.45, 7) is 3.31. The molecule has 11 rings (SSSR count). The fourth-order valence-corrected chi connectivity index (χ4v) is 9.73. The smallest absolute Gasteiger partial charge is 0.486 e. The maximum atomic E-state index is 10.1. The molecule has 6 aromatic carbocycles. The summed E-state index contributed by atoms with van der Waals surface area (Å²) in [6.07, 6.45) is 0.227. The van der Waals surface area contributed by atoms with Gasteiger partial charge in [0.25, 0.3) is 0 Å². The van der Waals surface area contributed by atoms with Crippen LogP contribution in [0.3, 0.4) is 0 Å². The SMILES string of the molecule is [2H]C([2H])([2H])c1ccc2c(n1)oc1c(-c3cc(-c4ccccc4C([2H])([2H])[2H])c(C([2H])([2H])C([2H])([2H])c4cc(CC(C)(C)c5ccc(-c6[c-]cccc6)nc5)cc(CC(C)(C)c5ccc(-c6[c-]ccc(-c7ccccc7)c6)nc5)c4)cn3)[c-]ccc12.[Ir+3]. The molecular formula is C68H57IrN4O. The van der Waals surface area contributed by atoms with Gasteiger partial charge in [0.1, 0.15) is 0 Å². The zero-order valence-electron chi connectivity index (χ0n) is 51.3. The number of fused-ring (bicyclic) bond motifs is 3. The van der Waals surface area contributed by atoms with Gasteiger partial charge in [-0.15, -0.1) is 89.5 Å². The standard InChI is InChI=1S/C68H57N4O.Ir/c1-45-17-13-14-24-57(45)61-39-64(60-26-16-25-58-59-32-27-46(2)72-66(59)73-65(58)60)69-42-54(61)29-28-47-35-48(40-67(3,4)55-30-33-62(70-43-55)51-20-11-8-12-21-51)37-49(36-47)41-68(5,6)56-31-34-63(71-44-56)53-23-15-22-52(38-53)50-18-9-7-10-19-50;/h7-20,22,24-25,27,30-39,42-44H,28-29,40-41H2,1-6H3;/q-3;+3/i1D3,2D3,28D2,29D2;. The van der Waals surface area contributed by atoms with Crippen LogP contribution in [0.15, 0.2) is 193 Å². The molecule has 0 saturated carbocycles. The topological polar surface area (TPSA) is 64.7 Å². The summed E-state index contributed by atoms with van der Waals surface area (Å²) in [4.78, 5) is 18.9. The van der Waals surface area contributed by atoms with Crippen LogP contribution < -0.4 is 0 Å². The predicted octanol–water partition coefficient (Wildman–Crippen LogP) is 16.3. The van der Waals surface area contributed by atoms with Crippen molar-refractivity contribution in [3.63, 3.8) is 0 Å². The second kappa shape index (κ2) is 21.1. The van der Waals surface area contributed by atoms with Crippen molar-refractivity contribution < 1.29 is 38.2 Å². The van der Waals surface area contributed by atoms with Crippen LogP contribution in [0.1, 0.15) is 86.0 Å². The molecule has 0 amide bonds. The fourth-order valence-electron chi connectivity index (χ4n) is 9.73. The average Bonchev–Trinajstić information content (AvgIpc) is 1.63. The van der Waals surface area contributed by atoms with E-state index in [0.717, 1.165) is 55.9 Å². The molecule has 0 aliphatic rings. The van der Waals surface area contributed by atoms with Gasteiger partial charge in [-0.1, -0.05) is 142 Å². The molecular weight excluding hydrogens is 1080 g/mol. The third kappa shape index (κ3) is 10.6. The van der Waals surface area contributed by atoms with Gasteiger partial charge >= 0.3 is 20.1 Å². The normalized spacial score (nSPS) is 14.5. The molecule has 0 fully saturated rings. The van der Waals surface area contributed by atoms with Crippen LogP contribution >= 0.6 is 0 Å². The van der Waals surface area contributed by atoms with E-state index in [1.807, 2.05) is 79.1 Å². The van der Waals surface area contributed by atoms with Crippen molar-refractivity contribution in [3.8, 4) is 56.0 Å². The van der Waals surface area contributed by atoms with E-state index in [0.29, 0.717) is 29.2 Å². The number of pyridine rings is 4. The first-order valence-corrected chi connectivity index (χ1v) is 24.3. The second-order valence-corrected chi connectivity index (χ2v) is 19.8. The predicted molar refractivity (Wildman–Crippen MR) is 298 cm³/mol. The van der Waals surface area contributed by atoms with Crippen molar-refractivity contribution in [1.29, 1.82) is 0 Å². The second-order valence-electron chi connectivity index (χ2n) is 19.8. The van der Waals surface area contributed by atoms with Gasteiger partial charge in [-0.25, -0.2) is 4.98 Å². The van der Waals surface area contributed by atoms with Gasteiger partial charge < -0.3 is 19.4 Å². The van der Waals surface area contributed by atoms with E-state index in [1.165, 1.54) is 18.3 Å². The molecule has 0 spiro atoms. The van der Waals surface area contributed by atoms with Gasteiger partial charge in [0.05, 0.1) is 5.58 Å². The largest absolute Gasteiger partial charge is 3.00 e. The number of aryl methyl sites for hydroxylation is 4. The summed E-state index contributed by atoms with van der Waals surface area (Å²) >= 11 is 0. The van der Waals surface area contributed by atoms with Crippen LogP contribution in [0.25, 0.3) is 78.1 Å². The van der Waals surface area contributed by atoms with Crippen LogP contribution in [0.2, 0.25) is 0 Å². The van der Waals surface area contributed by atoms with E-state index < -0.39 is 37.3 Å². The number of benzene rings is 6. The first kappa shape index (κ1) is 38.9. The Morgan fingerprint density at radius 1 is 0.527 bits per heavy atom. The van der Waals surface area contributed by atoms with Crippen LogP contribution in [-0.4, -0.2) is 19.9 Å². The number of rotatable bonds is 14. The summed E-state index contributed by atoms with van der Waals surface area (Å²) in [5, 5.41) is 1.15. The monoisotopic (exact) mass is 1150 g/mol. The Labute approximate surface area is 463 Å². The Morgan fingerprint density at radius 3 is 1.91 bits per heavy atom. The maximum Gasteiger partial charge on any atom is 3.00 e. The molecule has 5 nitrogen and oxygen atoms in total. The van der Waals surface area contributed by atoms with Crippen molar-refractivity contribution in [2.45, 2.75) is 77.8 Å². The molecule has 74 heavy (non-hydrogen) atoms. The molecule has 0 unspecified atom stereocenters. The van der Waals surface area contributed by atoms with Gasteiger partial charge in [-0.2, -0.15) is 0 Å². The van der Waals surface area contributed by atoms with E-state index in [-0.39, 0.29) is 70.6 Å². The van der Waals surface area contributed by atoms with E-state index in [9.17, 15) is 5.48 Å². The van der Waals surface area contributed by atoms with E-state index in [1.54, 1.807) is 54.6 Å². The molecule has 6 heteroatoms. The quantitative estimate of drug-likeness (QED) is 0.102. The zero-order chi connectivity index (χ0) is 58.7. The van der Waals surface area contributed by atoms with Gasteiger partial charge in [-0.05, 0) is 135 Å². The summed E-state index contributed by atoms with van der Waals surface area (Å²) in [6, 6.07) is 61.6. The van der Waals surface area contributed by atoms with Crippen molar-refractivity contribution in [3.05, 3.63) is 251 Å². The van der Waals surface area contributed by atoms with Crippen molar-refractivity contribution in [1.82, 2.24) is 19.9 Å². The molecule has 0 aliphatic carbocycles. The van der Waals surface area contributed by atoms with Crippen molar-refractivity contribution in [2.75, 3.05) is 0 Å². The Hall–Kier alpha value is -7.63. The van der Waals surface area contributed by atoms with Gasteiger partial charge in [0.2, 0.25) is 5.71 Å². The number of aromatic nitrogens is 4. The molecule has 5 aromatic heterocycles. The molecule has 11 aromatic rings. The molecule has 0 radical (unpaired) electrons. The van der Waals surface area contributed by atoms with Crippen LogP contribution in [-0.2, 0) is 56.5 Å². The number of furan rings is 1. The Kier molecular flexibility index (Phi) is 11.1. The number of hydrogen-bond donors (Lipinski definition) is 0. The Bertz CT molecular complexity index is 4180. The van der Waals surface area contributed by atoms with E-state index >= 15 is 0 Å². The molecule has 0 saturated heterocycles. The molecule has 0 atom stereocenters. The summed E-state index contributed by atoms with van der Waals surface area (Å²) in [7, 11) is 0. The van der Waals surface area contributed by atoms with E-state index in [2.05, 4.69) is 87.3 Å². The minimum atomic E-state index is -2.87. The van der Waals surface area contributed by atoms with Crippen LogP contribution in [0, 0.1) is 31.9 Å². The van der Waals surface area contributed by atoms with E-state index in [4.69, 9.17) is 27.6 Å². The number of nitrogens with zero attached hydrogens (tertiary/aromatic N) is 4. The molecule has 364 valence electrons. The number of hydrogen-bond acceptors (Lipinski definition) is 5. The third-order valence-electron chi connectivity index (χ3n) is 13.6.